The Morgan fingerprint density at radius 1 is 1.27 bits per heavy atom. The second-order valence-corrected chi connectivity index (χ2v) is 8.58. The van der Waals surface area contributed by atoms with Crippen LogP contribution in [0.5, 0.6) is 0 Å². The highest BCUT2D eigenvalue weighted by Gasteiger charge is 2.37. The smallest absolute Gasteiger partial charge is 0.416 e. The molecule has 1 aliphatic heterocycles. The molecule has 2 fully saturated rings. The molecular weight excluding hydrogens is 326 g/mol. The third-order valence-corrected chi connectivity index (χ3v) is 5.03. The molecule has 0 unspecified atom stereocenters. The van der Waals surface area contributed by atoms with Gasteiger partial charge in [-0.1, -0.05) is 19.4 Å². The fourth-order valence-corrected chi connectivity index (χ4v) is 3.73. The molecule has 0 radical (unpaired) electrons. The number of carbonyl (C=O) groups excluding carboxylic acids is 1. The molecule has 0 N–H and O–H groups in total. The van der Waals surface area contributed by atoms with Gasteiger partial charge in [0.1, 0.15) is 11.4 Å². The average molecular weight is 360 g/mol. The summed E-state index contributed by atoms with van der Waals surface area (Å²) in [5.74, 6) is 0.711. The van der Waals surface area contributed by atoms with Crippen molar-refractivity contribution in [3.8, 4) is 0 Å². The molecule has 0 aromatic carbocycles. The van der Waals surface area contributed by atoms with Gasteiger partial charge in [-0.25, -0.2) is 9.78 Å². The number of carbonyl (C=O) groups is 1. The SMILES string of the molecule is CCCN1CCCC[C@H]1c1ccc(N(C(=O)OC(C)(C)C)C2CC2)nc1. The van der Waals surface area contributed by atoms with Crippen LogP contribution in [-0.4, -0.2) is 40.7 Å². The maximum atomic E-state index is 12.6. The highest BCUT2D eigenvalue weighted by atomic mass is 16.6. The van der Waals surface area contributed by atoms with Crippen molar-refractivity contribution in [3.63, 3.8) is 0 Å². The van der Waals surface area contributed by atoms with Crippen LogP contribution in [0, 0.1) is 0 Å². The first-order chi connectivity index (χ1) is 12.4. The minimum atomic E-state index is -0.493. The Morgan fingerprint density at radius 2 is 2.04 bits per heavy atom. The number of pyridine rings is 1. The van der Waals surface area contributed by atoms with Crippen LogP contribution in [0.1, 0.15) is 77.8 Å². The summed E-state index contributed by atoms with van der Waals surface area (Å²) < 4.78 is 5.59. The van der Waals surface area contributed by atoms with Gasteiger partial charge in [0.25, 0.3) is 0 Å². The minimum Gasteiger partial charge on any atom is -0.443 e. The molecule has 144 valence electrons. The van der Waals surface area contributed by atoms with E-state index < -0.39 is 5.60 Å². The fourth-order valence-electron chi connectivity index (χ4n) is 3.73. The van der Waals surface area contributed by atoms with E-state index in [2.05, 4.69) is 22.9 Å². The first kappa shape index (κ1) is 19.2. The van der Waals surface area contributed by atoms with Gasteiger partial charge in [-0.15, -0.1) is 0 Å². The molecule has 26 heavy (non-hydrogen) atoms. The largest absolute Gasteiger partial charge is 0.443 e. The molecule has 0 spiro atoms. The first-order valence-corrected chi connectivity index (χ1v) is 10.1. The zero-order valence-electron chi connectivity index (χ0n) is 16.7. The lowest BCUT2D eigenvalue weighted by Gasteiger charge is -2.35. The Hall–Kier alpha value is -1.62. The van der Waals surface area contributed by atoms with Gasteiger partial charge in [-0.05, 0) is 77.6 Å². The van der Waals surface area contributed by atoms with Gasteiger partial charge in [0.05, 0.1) is 0 Å². The van der Waals surface area contributed by atoms with E-state index in [0.29, 0.717) is 11.9 Å². The predicted octanol–water partition coefficient (Wildman–Crippen LogP) is 4.92. The Bertz CT molecular complexity index is 603. The monoisotopic (exact) mass is 359 g/mol. The minimum absolute atomic E-state index is 0.231. The van der Waals surface area contributed by atoms with E-state index in [-0.39, 0.29) is 12.1 Å². The van der Waals surface area contributed by atoms with Gasteiger partial charge in [0.2, 0.25) is 0 Å². The maximum absolute atomic E-state index is 12.6. The van der Waals surface area contributed by atoms with Gasteiger partial charge in [-0.3, -0.25) is 9.80 Å². The summed E-state index contributed by atoms with van der Waals surface area (Å²) in [5, 5.41) is 0. The number of piperidine rings is 1. The van der Waals surface area contributed by atoms with Crippen molar-refractivity contribution in [2.24, 2.45) is 0 Å². The van der Waals surface area contributed by atoms with Crippen LogP contribution >= 0.6 is 0 Å². The molecule has 1 saturated heterocycles. The summed E-state index contributed by atoms with van der Waals surface area (Å²) in [4.78, 5) is 21.6. The molecule has 0 bridgehead atoms. The normalized spacial score (nSPS) is 21.5. The molecule has 5 heteroatoms. The molecule has 2 aliphatic rings. The van der Waals surface area contributed by atoms with Crippen molar-refractivity contribution < 1.29 is 9.53 Å². The lowest BCUT2D eigenvalue weighted by atomic mass is 9.96. The summed E-state index contributed by atoms with van der Waals surface area (Å²) in [6, 6.07) is 4.84. The quantitative estimate of drug-likeness (QED) is 0.748. The summed E-state index contributed by atoms with van der Waals surface area (Å²) in [7, 11) is 0. The van der Waals surface area contributed by atoms with E-state index in [1.165, 1.54) is 37.8 Å². The molecular formula is C21H33N3O2. The van der Waals surface area contributed by atoms with Crippen LogP contribution in [0.3, 0.4) is 0 Å². The first-order valence-electron chi connectivity index (χ1n) is 10.1. The third-order valence-electron chi connectivity index (χ3n) is 5.03. The topological polar surface area (TPSA) is 45.7 Å². The zero-order chi connectivity index (χ0) is 18.7. The van der Waals surface area contributed by atoms with E-state index >= 15 is 0 Å². The zero-order valence-corrected chi connectivity index (χ0v) is 16.7. The number of ether oxygens (including phenoxy) is 1. The van der Waals surface area contributed by atoms with Crippen molar-refractivity contribution in [3.05, 3.63) is 23.9 Å². The number of rotatable bonds is 5. The number of anilines is 1. The van der Waals surface area contributed by atoms with Crippen LogP contribution in [0.4, 0.5) is 10.6 Å². The lowest BCUT2D eigenvalue weighted by molar-refractivity contribution is 0.0576. The van der Waals surface area contributed by atoms with Crippen LogP contribution in [-0.2, 0) is 4.74 Å². The van der Waals surface area contributed by atoms with Crippen LogP contribution in [0.2, 0.25) is 0 Å². The summed E-state index contributed by atoms with van der Waals surface area (Å²) in [6.45, 7) is 10.2. The Balaban J connectivity index is 1.75. The van der Waals surface area contributed by atoms with Crippen molar-refractivity contribution in [1.29, 1.82) is 0 Å². The summed E-state index contributed by atoms with van der Waals surface area (Å²) in [6.07, 6.45) is 8.66. The van der Waals surface area contributed by atoms with Gasteiger partial charge < -0.3 is 4.74 Å². The Labute approximate surface area is 157 Å². The van der Waals surface area contributed by atoms with Crippen molar-refractivity contribution in [2.75, 3.05) is 18.0 Å². The highest BCUT2D eigenvalue weighted by Crippen LogP contribution is 2.34. The van der Waals surface area contributed by atoms with E-state index in [0.717, 1.165) is 19.4 Å². The molecule has 1 aromatic heterocycles. The highest BCUT2D eigenvalue weighted by molar-refractivity contribution is 5.88. The van der Waals surface area contributed by atoms with E-state index in [9.17, 15) is 4.79 Å². The van der Waals surface area contributed by atoms with E-state index in [1.54, 1.807) is 4.90 Å². The van der Waals surface area contributed by atoms with Gasteiger partial charge in [-0.2, -0.15) is 0 Å². The molecule has 1 aliphatic carbocycles. The Kier molecular flexibility index (Phi) is 5.86. The van der Waals surface area contributed by atoms with Crippen molar-refractivity contribution in [1.82, 2.24) is 9.88 Å². The predicted molar refractivity (Wildman–Crippen MR) is 104 cm³/mol. The third kappa shape index (κ3) is 4.76. The number of nitrogens with zero attached hydrogens (tertiary/aromatic N) is 3. The standard InChI is InChI=1S/C21H33N3O2/c1-5-13-23-14-7-6-8-18(23)16-9-12-19(22-15-16)24(17-10-11-17)20(25)26-21(2,3)4/h9,12,15,17-18H,5-8,10-11,13-14H2,1-4H3/t18-/m0/s1. The van der Waals surface area contributed by atoms with Crippen LogP contribution in [0.15, 0.2) is 18.3 Å². The van der Waals surface area contributed by atoms with Crippen molar-refractivity contribution in [2.45, 2.75) is 83.9 Å². The second kappa shape index (κ2) is 7.95. The maximum Gasteiger partial charge on any atom is 0.416 e. The molecule has 3 rings (SSSR count). The molecule has 1 aromatic rings. The van der Waals surface area contributed by atoms with Crippen LogP contribution < -0.4 is 4.90 Å². The number of hydrogen-bond acceptors (Lipinski definition) is 4. The summed E-state index contributed by atoms with van der Waals surface area (Å²) in [5.41, 5.74) is 0.772. The van der Waals surface area contributed by atoms with Crippen molar-refractivity contribution >= 4 is 11.9 Å². The van der Waals surface area contributed by atoms with Crippen LogP contribution in [0.25, 0.3) is 0 Å². The molecule has 1 saturated carbocycles. The second-order valence-electron chi connectivity index (χ2n) is 8.58. The molecule has 2 heterocycles. The van der Waals surface area contributed by atoms with Gasteiger partial charge in [0, 0.05) is 18.3 Å². The number of aromatic nitrogens is 1. The van der Waals surface area contributed by atoms with E-state index in [1.807, 2.05) is 33.0 Å². The fraction of sp³-hybridized carbons (Fsp3) is 0.714. The Morgan fingerprint density at radius 3 is 2.62 bits per heavy atom. The molecule has 1 atom stereocenters. The van der Waals surface area contributed by atoms with E-state index in [4.69, 9.17) is 4.74 Å². The number of amides is 1. The average Bonchev–Trinajstić information content (AvgIpc) is 3.40. The van der Waals surface area contributed by atoms with Gasteiger partial charge >= 0.3 is 6.09 Å². The molecule has 1 amide bonds. The summed E-state index contributed by atoms with van der Waals surface area (Å²) >= 11 is 0. The lowest BCUT2D eigenvalue weighted by Crippen LogP contribution is -2.39. The number of hydrogen-bond donors (Lipinski definition) is 0. The van der Waals surface area contributed by atoms with Gasteiger partial charge in [0.15, 0.2) is 0 Å². The molecule has 5 nitrogen and oxygen atoms in total. The number of likely N-dealkylation sites (tertiary alicyclic amines) is 1.